The van der Waals surface area contributed by atoms with Crippen LogP contribution in [0.1, 0.15) is 144 Å². The highest BCUT2D eigenvalue weighted by Gasteiger charge is 2.72. The van der Waals surface area contributed by atoms with Gasteiger partial charge in [0.2, 0.25) is 5.82 Å². The van der Waals surface area contributed by atoms with Gasteiger partial charge in [-0.25, -0.2) is 9.67 Å². The number of aromatic nitrogens is 3. The Morgan fingerprint density at radius 3 is 2.38 bits per heavy atom. The third-order valence-corrected chi connectivity index (χ3v) is 16.6. The number of nitrogens with two attached hydrogens (primary N) is 1. The molecule has 11 atom stereocenters. The molecule has 1 aromatic rings. The zero-order chi connectivity index (χ0) is 38.2. The lowest BCUT2D eigenvalue weighted by Gasteiger charge is -2.71. The maximum absolute atomic E-state index is 13.6. The van der Waals surface area contributed by atoms with Crippen LogP contribution in [-0.2, 0) is 14.3 Å². The summed E-state index contributed by atoms with van der Waals surface area (Å²) in [7, 11) is 0. The molecule has 52 heavy (non-hydrogen) atoms. The van der Waals surface area contributed by atoms with Crippen molar-refractivity contribution in [3.63, 3.8) is 0 Å². The van der Waals surface area contributed by atoms with Gasteiger partial charge in [-0.15, -0.1) is 0 Å². The van der Waals surface area contributed by atoms with Crippen molar-refractivity contribution in [1.29, 1.82) is 0 Å². The molecule has 2 bridgehead atoms. The van der Waals surface area contributed by atoms with Crippen LogP contribution in [0.5, 0.6) is 0 Å². The summed E-state index contributed by atoms with van der Waals surface area (Å²) in [6.45, 7) is 25.8. The van der Waals surface area contributed by atoms with E-state index in [9.17, 15) is 14.7 Å². The van der Waals surface area contributed by atoms with Crippen molar-refractivity contribution in [2.24, 2.45) is 62.4 Å². The van der Waals surface area contributed by atoms with Crippen molar-refractivity contribution in [1.82, 2.24) is 20.1 Å². The normalized spacial score (nSPS) is 40.7. The van der Waals surface area contributed by atoms with Gasteiger partial charge < -0.3 is 25.6 Å². The largest absolute Gasteiger partial charge is 0.481 e. The number of nitrogens with zero attached hydrogens (tertiary/aromatic N) is 3. The van der Waals surface area contributed by atoms with E-state index in [2.05, 4.69) is 78.7 Å². The van der Waals surface area contributed by atoms with Gasteiger partial charge in [-0.05, 0) is 105 Å². The van der Waals surface area contributed by atoms with E-state index in [-0.39, 0.29) is 57.6 Å². The molecule has 0 radical (unpaired) electrons. The third kappa shape index (κ3) is 5.65. The number of carboxylic acids is 1. The van der Waals surface area contributed by atoms with Gasteiger partial charge in [0.15, 0.2) is 0 Å². The second kappa shape index (κ2) is 13.5. The maximum Gasteiger partial charge on any atom is 0.307 e. The summed E-state index contributed by atoms with van der Waals surface area (Å²) in [5, 5.41) is 18.9. The summed E-state index contributed by atoms with van der Waals surface area (Å²) < 4.78 is 15.6. The Balaban J connectivity index is 1.47. The van der Waals surface area contributed by atoms with Crippen molar-refractivity contribution in [2.75, 3.05) is 19.8 Å². The van der Waals surface area contributed by atoms with Gasteiger partial charge in [0, 0.05) is 22.4 Å². The van der Waals surface area contributed by atoms with Gasteiger partial charge in [-0.3, -0.25) is 9.59 Å². The van der Waals surface area contributed by atoms with Crippen LogP contribution in [0.2, 0.25) is 0 Å². The first-order valence-electron chi connectivity index (χ1n) is 20.4. The number of carbonyl (C=O) groups is 2. The monoisotopic (exact) mass is 724 g/mol. The molecule has 4 N–H and O–H groups in total. The Bertz CT molecular complexity index is 1550. The van der Waals surface area contributed by atoms with Crippen molar-refractivity contribution in [2.45, 2.75) is 151 Å². The van der Waals surface area contributed by atoms with Gasteiger partial charge in [0.25, 0.3) is 5.91 Å². The highest BCUT2D eigenvalue weighted by molar-refractivity contribution is 5.90. The SMILES string of the molecule is CCC(N)(CC)CO[C@H]1[C@H](n2ncnc2C(=O)NC(C)C)C[C@@]23COC[C@]1(C)[C@@H]2CC[C@H]1C3=CC[C@@]2(C)[C@H](C(=O)O)[C@@](C)([C@H](C)C(C)C)CC[C@]12C. The predicted molar refractivity (Wildman–Crippen MR) is 202 cm³/mol. The minimum absolute atomic E-state index is 0.0478. The van der Waals surface area contributed by atoms with Gasteiger partial charge in [-0.2, -0.15) is 5.10 Å². The molecule has 2 heterocycles. The molecule has 0 aromatic carbocycles. The molecule has 0 spiro atoms. The summed E-state index contributed by atoms with van der Waals surface area (Å²) in [5.41, 5.74) is 6.29. The standard InChI is InChI=1S/C42H69N5O5/c1-12-41(43,13-2)22-52-33-30(47-34(44-24-45-47)35(48)46-26(5)6)20-42-23-51-21-38(33,9)31(42)15-14-28-29(42)16-17-40(11)32(36(49)50)37(8,27(7)25(3)4)18-19-39(28,40)10/h16,24-28,30-33H,12-15,17-23,43H2,1-11H3,(H,46,48)(H,49,50)/t27-,28+,30-,31+,32-,33+,37-,38-,39-,40+,42+/m1/s1. The van der Waals surface area contributed by atoms with E-state index in [0.29, 0.717) is 43.9 Å². The lowest BCUT2D eigenvalue weighted by molar-refractivity contribution is -0.252. The number of carboxylic acid groups (broad SMARTS) is 1. The number of ether oxygens (including phenoxy) is 2. The molecule has 5 aliphatic rings. The molecule has 1 saturated heterocycles. The molecule has 10 heteroatoms. The predicted octanol–water partition coefficient (Wildman–Crippen LogP) is 7.45. The fourth-order valence-corrected chi connectivity index (χ4v) is 12.8. The lowest BCUT2D eigenvalue weighted by Crippen LogP contribution is -2.69. The van der Waals surface area contributed by atoms with E-state index >= 15 is 0 Å². The van der Waals surface area contributed by atoms with Crippen LogP contribution in [0.4, 0.5) is 0 Å². The molecule has 4 fully saturated rings. The maximum atomic E-state index is 13.6. The first kappa shape index (κ1) is 39.4. The Morgan fingerprint density at radius 2 is 1.77 bits per heavy atom. The van der Waals surface area contributed by atoms with Crippen LogP contribution in [0, 0.1) is 56.7 Å². The number of hydrogen-bond acceptors (Lipinski definition) is 7. The molecule has 292 valence electrons. The van der Waals surface area contributed by atoms with Crippen molar-refractivity contribution < 1.29 is 24.2 Å². The molecule has 4 aliphatic carbocycles. The van der Waals surface area contributed by atoms with Crippen molar-refractivity contribution >= 4 is 11.9 Å². The van der Waals surface area contributed by atoms with E-state index in [1.807, 2.05) is 18.5 Å². The smallest absolute Gasteiger partial charge is 0.307 e. The van der Waals surface area contributed by atoms with E-state index in [1.54, 1.807) is 0 Å². The fourth-order valence-electron chi connectivity index (χ4n) is 12.8. The number of nitrogens with one attached hydrogen (secondary N) is 1. The Labute approximate surface area is 312 Å². The number of rotatable bonds is 11. The first-order chi connectivity index (χ1) is 24.3. The van der Waals surface area contributed by atoms with E-state index in [4.69, 9.17) is 20.3 Å². The highest BCUT2D eigenvalue weighted by Crippen LogP contribution is 2.75. The Kier molecular flexibility index (Phi) is 10.2. The summed E-state index contributed by atoms with van der Waals surface area (Å²) >= 11 is 0. The Morgan fingerprint density at radius 1 is 1.08 bits per heavy atom. The van der Waals surface area contributed by atoms with Crippen LogP contribution in [-0.4, -0.2) is 69.3 Å². The summed E-state index contributed by atoms with van der Waals surface area (Å²) in [6, 6.07) is -0.319. The summed E-state index contributed by atoms with van der Waals surface area (Å²) in [4.78, 5) is 31.7. The number of hydrogen-bond donors (Lipinski definition) is 3. The minimum atomic E-state index is -0.646. The first-order valence-corrected chi connectivity index (χ1v) is 20.4. The molecule has 1 aliphatic heterocycles. The zero-order valence-corrected chi connectivity index (χ0v) is 34.1. The summed E-state index contributed by atoms with van der Waals surface area (Å²) in [5.74, 6) is 0.191. The van der Waals surface area contributed by atoms with Gasteiger partial charge in [0.1, 0.15) is 6.33 Å². The average molecular weight is 724 g/mol. The third-order valence-electron chi connectivity index (χ3n) is 16.6. The Hall–Kier alpha value is -2.30. The van der Waals surface area contributed by atoms with Crippen LogP contribution in [0.25, 0.3) is 0 Å². The molecule has 0 unspecified atom stereocenters. The fraction of sp³-hybridized carbons (Fsp3) is 0.857. The molecule has 10 nitrogen and oxygen atoms in total. The van der Waals surface area contributed by atoms with Gasteiger partial charge >= 0.3 is 5.97 Å². The molecular weight excluding hydrogens is 654 g/mol. The van der Waals surface area contributed by atoms with Crippen LogP contribution in [0.3, 0.4) is 0 Å². The van der Waals surface area contributed by atoms with E-state index in [1.165, 1.54) is 11.9 Å². The van der Waals surface area contributed by atoms with Crippen molar-refractivity contribution in [3.05, 3.63) is 23.8 Å². The summed E-state index contributed by atoms with van der Waals surface area (Å²) in [6.07, 6.45) is 10.7. The topological polar surface area (TPSA) is 142 Å². The molecule has 1 aromatic heterocycles. The molecule has 6 rings (SSSR count). The zero-order valence-electron chi connectivity index (χ0n) is 34.1. The van der Waals surface area contributed by atoms with Crippen LogP contribution in [0.15, 0.2) is 18.0 Å². The average Bonchev–Trinajstić information content (AvgIpc) is 3.57. The number of aliphatic carboxylic acids is 1. The minimum Gasteiger partial charge on any atom is -0.481 e. The van der Waals surface area contributed by atoms with E-state index in [0.717, 1.165) is 44.9 Å². The van der Waals surface area contributed by atoms with Crippen molar-refractivity contribution in [3.8, 4) is 0 Å². The number of allylic oxidation sites excluding steroid dienone is 1. The lowest BCUT2D eigenvalue weighted by atomic mass is 9.34. The van der Waals surface area contributed by atoms with Crippen LogP contribution < -0.4 is 11.1 Å². The molecule has 1 amide bonds. The second-order valence-corrected chi connectivity index (χ2v) is 19.6. The number of carbonyl (C=O) groups excluding carboxylic acids is 1. The van der Waals surface area contributed by atoms with Crippen LogP contribution >= 0.6 is 0 Å². The molecule has 3 saturated carbocycles. The number of fused-ring (bicyclic) bond motifs is 3. The van der Waals surface area contributed by atoms with Gasteiger partial charge in [0.05, 0.1) is 37.9 Å². The second-order valence-electron chi connectivity index (χ2n) is 19.6. The number of amides is 1. The quantitative estimate of drug-likeness (QED) is 0.200. The molecular formula is C42H69N5O5. The highest BCUT2D eigenvalue weighted by atomic mass is 16.5. The van der Waals surface area contributed by atoms with E-state index < -0.39 is 22.8 Å². The van der Waals surface area contributed by atoms with Gasteiger partial charge in [-0.1, -0.05) is 74.0 Å².